The number of aryl methyl sites for hydroxylation is 1. The van der Waals surface area contributed by atoms with Crippen molar-refractivity contribution in [1.29, 1.82) is 0 Å². The van der Waals surface area contributed by atoms with Gasteiger partial charge in [-0.05, 0) is 43.7 Å². The quantitative estimate of drug-likeness (QED) is 0.747. The zero-order valence-electron chi connectivity index (χ0n) is 14.3. The van der Waals surface area contributed by atoms with Gasteiger partial charge in [0.1, 0.15) is 5.76 Å². The van der Waals surface area contributed by atoms with Crippen LogP contribution < -0.4 is 0 Å². The third-order valence-corrected chi connectivity index (χ3v) is 4.30. The Balaban J connectivity index is 2.00. The minimum atomic E-state index is -0.290. The Bertz CT molecular complexity index is 857. The molecule has 6 nitrogen and oxygen atoms in total. The van der Waals surface area contributed by atoms with Gasteiger partial charge in [-0.2, -0.15) is 0 Å². The van der Waals surface area contributed by atoms with Crippen LogP contribution in [0.4, 0.5) is 0 Å². The molecule has 3 heterocycles. The van der Waals surface area contributed by atoms with Crippen LogP contribution in [0.2, 0.25) is 0 Å². The maximum absolute atomic E-state index is 13.2. The zero-order valence-corrected chi connectivity index (χ0v) is 14.3. The minimum absolute atomic E-state index is 0.107. The molecule has 3 rings (SSSR count). The molecule has 3 aromatic heterocycles. The van der Waals surface area contributed by atoms with E-state index in [1.807, 2.05) is 31.2 Å². The summed E-state index contributed by atoms with van der Waals surface area (Å²) in [4.78, 5) is 23.5. The first-order valence-electron chi connectivity index (χ1n) is 8.30. The van der Waals surface area contributed by atoms with Crippen LogP contribution >= 0.6 is 0 Å². The SMILES string of the molecule is CCC(CO)N(Cc1ccco1)C(=O)c1cc2cccnc2nc1C. The van der Waals surface area contributed by atoms with Gasteiger partial charge in [-0.3, -0.25) is 4.79 Å². The summed E-state index contributed by atoms with van der Waals surface area (Å²) in [6.45, 7) is 3.94. The second-order valence-corrected chi connectivity index (χ2v) is 5.93. The third-order valence-electron chi connectivity index (χ3n) is 4.30. The van der Waals surface area contributed by atoms with E-state index in [-0.39, 0.29) is 18.6 Å². The number of aliphatic hydroxyl groups excluding tert-OH is 1. The molecule has 1 amide bonds. The van der Waals surface area contributed by atoms with Crippen LogP contribution in [0.5, 0.6) is 0 Å². The Morgan fingerprint density at radius 3 is 2.88 bits per heavy atom. The van der Waals surface area contributed by atoms with Crippen molar-refractivity contribution in [1.82, 2.24) is 14.9 Å². The molecular formula is C19H21N3O3. The number of nitrogens with zero attached hydrogens (tertiary/aromatic N) is 3. The van der Waals surface area contributed by atoms with Crippen molar-refractivity contribution in [2.45, 2.75) is 32.9 Å². The Labute approximate surface area is 146 Å². The number of amides is 1. The number of hydrogen-bond donors (Lipinski definition) is 1. The van der Waals surface area contributed by atoms with Gasteiger partial charge in [-0.1, -0.05) is 6.92 Å². The first-order valence-corrected chi connectivity index (χ1v) is 8.30. The van der Waals surface area contributed by atoms with E-state index in [4.69, 9.17) is 4.42 Å². The molecule has 0 aliphatic rings. The molecule has 0 saturated carbocycles. The standard InChI is InChI=1S/C19H21N3O3/c1-3-15(12-23)22(11-16-7-5-9-25-16)19(24)17-10-14-6-4-8-20-18(14)21-13(17)2/h4-10,15,23H,3,11-12H2,1-2H3. The van der Waals surface area contributed by atoms with Gasteiger partial charge >= 0.3 is 0 Å². The molecule has 25 heavy (non-hydrogen) atoms. The van der Waals surface area contributed by atoms with E-state index < -0.39 is 0 Å². The summed E-state index contributed by atoms with van der Waals surface area (Å²) in [6.07, 6.45) is 3.90. The summed E-state index contributed by atoms with van der Waals surface area (Å²) in [5.41, 5.74) is 1.75. The summed E-state index contributed by atoms with van der Waals surface area (Å²) >= 11 is 0. The van der Waals surface area contributed by atoms with E-state index in [2.05, 4.69) is 9.97 Å². The maximum atomic E-state index is 13.2. The lowest BCUT2D eigenvalue weighted by Crippen LogP contribution is -2.42. The third kappa shape index (κ3) is 3.53. The highest BCUT2D eigenvalue weighted by Crippen LogP contribution is 2.20. The molecule has 1 atom stereocenters. The molecule has 0 spiro atoms. The minimum Gasteiger partial charge on any atom is -0.467 e. The second-order valence-electron chi connectivity index (χ2n) is 5.93. The van der Waals surface area contributed by atoms with Crippen LogP contribution in [-0.4, -0.2) is 38.5 Å². The highest BCUT2D eigenvalue weighted by Gasteiger charge is 2.26. The molecule has 1 unspecified atom stereocenters. The first-order chi connectivity index (χ1) is 12.1. The van der Waals surface area contributed by atoms with Crippen LogP contribution in [0.25, 0.3) is 11.0 Å². The number of pyridine rings is 2. The molecular weight excluding hydrogens is 318 g/mol. The molecule has 0 aliphatic carbocycles. The van der Waals surface area contributed by atoms with Crippen molar-refractivity contribution < 1.29 is 14.3 Å². The predicted molar refractivity (Wildman–Crippen MR) is 94.0 cm³/mol. The largest absolute Gasteiger partial charge is 0.467 e. The lowest BCUT2D eigenvalue weighted by molar-refractivity contribution is 0.0544. The monoisotopic (exact) mass is 339 g/mol. The molecule has 6 heteroatoms. The lowest BCUT2D eigenvalue weighted by Gasteiger charge is -2.29. The molecule has 3 aromatic rings. The van der Waals surface area contributed by atoms with Gasteiger partial charge in [0.15, 0.2) is 5.65 Å². The van der Waals surface area contributed by atoms with E-state index >= 15 is 0 Å². The molecule has 0 aliphatic heterocycles. The highest BCUT2D eigenvalue weighted by molar-refractivity contribution is 5.98. The average Bonchev–Trinajstić information content (AvgIpc) is 3.14. The van der Waals surface area contributed by atoms with Crippen LogP contribution in [0, 0.1) is 6.92 Å². The van der Waals surface area contributed by atoms with E-state index in [1.54, 1.807) is 30.4 Å². The van der Waals surface area contributed by atoms with Crippen molar-refractivity contribution >= 4 is 16.9 Å². The summed E-state index contributed by atoms with van der Waals surface area (Å²) in [7, 11) is 0. The van der Waals surface area contributed by atoms with Crippen molar-refractivity contribution in [3.05, 3.63) is 59.8 Å². The number of furan rings is 1. The fourth-order valence-corrected chi connectivity index (χ4v) is 2.85. The second kappa shape index (κ2) is 7.44. The number of carbonyl (C=O) groups excluding carboxylic acids is 1. The van der Waals surface area contributed by atoms with E-state index in [9.17, 15) is 9.90 Å². The normalized spacial score (nSPS) is 12.3. The Morgan fingerprint density at radius 1 is 1.36 bits per heavy atom. The number of aliphatic hydroxyl groups is 1. The fourth-order valence-electron chi connectivity index (χ4n) is 2.85. The van der Waals surface area contributed by atoms with Crippen molar-refractivity contribution in [3.63, 3.8) is 0 Å². The smallest absolute Gasteiger partial charge is 0.256 e. The molecule has 1 N–H and O–H groups in total. The van der Waals surface area contributed by atoms with Gasteiger partial charge in [0, 0.05) is 11.6 Å². The molecule has 0 aromatic carbocycles. The van der Waals surface area contributed by atoms with Crippen molar-refractivity contribution in [2.75, 3.05) is 6.61 Å². The van der Waals surface area contributed by atoms with Crippen LogP contribution in [0.15, 0.2) is 47.2 Å². The molecule has 0 saturated heterocycles. The molecule has 0 fully saturated rings. The van der Waals surface area contributed by atoms with Gasteiger partial charge in [0.25, 0.3) is 5.91 Å². The Morgan fingerprint density at radius 2 is 2.20 bits per heavy atom. The van der Waals surface area contributed by atoms with E-state index in [0.29, 0.717) is 35.6 Å². The summed E-state index contributed by atoms with van der Waals surface area (Å²) < 4.78 is 5.39. The summed E-state index contributed by atoms with van der Waals surface area (Å²) in [5.74, 6) is 0.501. The topological polar surface area (TPSA) is 79.5 Å². The van der Waals surface area contributed by atoms with Crippen molar-refractivity contribution in [3.8, 4) is 0 Å². The molecule has 0 bridgehead atoms. The molecule has 0 radical (unpaired) electrons. The zero-order chi connectivity index (χ0) is 17.8. The fraction of sp³-hybridized carbons (Fsp3) is 0.316. The van der Waals surface area contributed by atoms with Gasteiger partial charge in [-0.25, -0.2) is 9.97 Å². The van der Waals surface area contributed by atoms with Crippen molar-refractivity contribution in [2.24, 2.45) is 0 Å². The number of fused-ring (bicyclic) bond motifs is 1. The maximum Gasteiger partial charge on any atom is 0.256 e. The molecule has 130 valence electrons. The number of hydrogen-bond acceptors (Lipinski definition) is 5. The van der Waals surface area contributed by atoms with Crippen LogP contribution in [0.3, 0.4) is 0 Å². The Kier molecular flexibility index (Phi) is 5.09. The Hall–Kier alpha value is -2.73. The summed E-state index contributed by atoms with van der Waals surface area (Å²) in [5, 5.41) is 10.5. The van der Waals surface area contributed by atoms with Gasteiger partial charge in [0.05, 0.1) is 36.7 Å². The van der Waals surface area contributed by atoms with Crippen LogP contribution in [0.1, 0.15) is 35.2 Å². The summed E-state index contributed by atoms with van der Waals surface area (Å²) in [6, 6.07) is 8.82. The predicted octanol–water partition coefficient (Wildman–Crippen LogP) is 2.94. The number of carbonyl (C=O) groups is 1. The van der Waals surface area contributed by atoms with Crippen LogP contribution in [-0.2, 0) is 6.54 Å². The number of rotatable bonds is 6. The van der Waals surface area contributed by atoms with E-state index in [1.165, 1.54) is 0 Å². The lowest BCUT2D eigenvalue weighted by atomic mass is 10.1. The van der Waals surface area contributed by atoms with Gasteiger partial charge in [0.2, 0.25) is 0 Å². The van der Waals surface area contributed by atoms with Gasteiger partial charge in [-0.15, -0.1) is 0 Å². The van der Waals surface area contributed by atoms with Gasteiger partial charge < -0.3 is 14.4 Å². The average molecular weight is 339 g/mol. The first kappa shape index (κ1) is 17.1. The highest BCUT2D eigenvalue weighted by atomic mass is 16.3. The van der Waals surface area contributed by atoms with E-state index in [0.717, 1.165) is 5.39 Å². The number of aromatic nitrogens is 2.